The van der Waals surface area contributed by atoms with Crippen LogP contribution >= 0.6 is 11.6 Å². The number of benzene rings is 2. The van der Waals surface area contributed by atoms with Crippen LogP contribution in [-0.4, -0.2) is 9.97 Å². The topological polar surface area (TPSA) is 38.9 Å². The number of nitrogens with zero attached hydrogens (tertiary/aromatic N) is 2. The van der Waals surface area contributed by atoms with Crippen molar-refractivity contribution in [2.75, 3.05) is 0 Å². The smallest absolute Gasteiger partial charge is 0.223 e. The van der Waals surface area contributed by atoms with Crippen molar-refractivity contribution in [3.63, 3.8) is 0 Å². The molecule has 0 fully saturated rings. The molecule has 0 amide bonds. The number of hydrogen-bond acceptors (Lipinski definition) is 3. The van der Waals surface area contributed by atoms with Gasteiger partial charge in [0.25, 0.3) is 0 Å². The Hall–Kier alpha value is -2.65. The maximum absolute atomic E-state index is 6.02. The molecule has 22 heavy (non-hydrogen) atoms. The van der Waals surface area contributed by atoms with Crippen LogP contribution in [0.3, 0.4) is 0 Å². The summed E-state index contributed by atoms with van der Waals surface area (Å²) in [4.78, 5) is 8.50. The first kappa shape index (κ1) is 13.0. The van der Waals surface area contributed by atoms with Gasteiger partial charge in [0, 0.05) is 11.6 Å². The van der Waals surface area contributed by atoms with Gasteiger partial charge >= 0.3 is 0 Å². The molecule has 0 bridgehead atoms. The van der Waals surface area contributed by atoms with Crippen LogP contribution in [0.2, 0.25) is 5.28 Å². The van der Waals surface area contributed by atoms with Crippen molar-refractivity contribution in [2.45, 2.75) is 0 Å². The lowest BCUT2D eigenvalue weighted by atomic mass is 10.0. The predicted octanol–water partition coefficient (Wildman–Crippen LogP) is 5.21. The van der Waals surface area contributed by atoms with Gasteiger partial charge in [0.1, 0.15) is 11.2 Å². The third kappa shape index (κ3) is 2.26. The minimum Gasteiger partial charge on any atom is -0.460 e. The fourth-order valence-corrected chi connectivity index (χ4v) is 2.68. The highest BCUT2D eigenvalue weighted by Gasteiger charge is 2.12. The lowest BCUT2D eigenvalue weighted by Crippen LogP contribution is -1.89. The molecule has 0 spiro atoms. The van der Waals surface area contributed by atoms with Crippen molar-refractivity contribution in [3.8, 4) is 22.4 Å². The third-order valence-electron chi connectivity index (χ3n) is 3.52. The summed E-state index contributed by atoms with van der Waals surface area (Å²) >= 11 is 6.02. The molecule has 0 aliphatic rings. The number of furan rings is 1. The first-order valence-electron chi connectivity index (χ1n) is 6.88. The second-order valence-corrected chi connectivity index (χ2v) is 5.26. The van der Waals surface area contributed by atoms with E-state index in [4.69, 9.17) is 16.0 Å². The minimum absolute atomic E-state index is 0.217. The molecule has 3 nitrogen and oxygen atoms in total. The summed E-state index contributed by atoms with van der Waals surface area (Å²) in [6, 6.07) is 20.1. The first-order valence-corrected chi connectivity index (χ1v) is 7.26. The molecule has 106 valence electrons. The molecule has 0 unspecified atom stereocenters. The van der Waals surface area contributed by atoms with Crippen LogP contribution in [-0.2, 0) is 0 Å². The van der Waals surface area contributed by atoms with Gasteiger partial charge in [-0.15, -0.1) is 0 Å². The average Bonchev–Trinajstić information content (AvgIpc) is 3.03. The van der Waals surface area contributed by atoms with E-state index in [1.165, 1.54) is 0 Å². The van der Waals surface area contributed by atoms with Crippen LogP contribution in [0.4, 0.5) is 0 Å². The number of aromatic nitrogens is 2. The van der Waals surface area contributed by atoms with E-state index in [9.17, 15) is 0 Å². The van der Waals surface area contributed by atoms with Gasteiger partial charge < -0.3 is 4.42 Å². The van der Waals surface area contributed by atoms with Crippen LogP contribution in [0, 0.1) is 0 Å². The Morgan fingerprint density at radius 2 is 1.55 bits per heavy atom. The Kier molecular flexibility index (Phi) is 3.13. The van der Waals surface area contributed by atoms with Crippen molar-refractivity contribution < 1.29 is 4.42 Å². The summed E-state index contributed by atoms with van der Waals surface area (Å²) in [6.45, 7) is 0. The van der Waals surface area contributed by atoms with E-state index in [1.807, 2.05) is 30.3 Å². The van der Waals surface area contributed by atoms with Crippen molar-refractivity contribution in [3.05, 3.63) is 72.2 Å². The molecule has 0 radical (unpaired) electrons. The van der Waals surface area contributed by atoms with Crippen LogP contribution < -0.4 is 0 Å². The molecule has 0 saturated carbocycles. The fourth-order valence-electron chi connectivity index (χ4n) is 2.51. The SMILES string of the molecule is Clc1nc(-c2cccc(-c3ccccc3)c2)c2occc2n1. The molecule has 4 heteroatoms. The van der Waals surface area contributed by atoms with E-state index in [0.29, 0.717) is 16.8 Å². The van der Waals surface area contributed by atoms with E-state index < -0.39 is 0 Å². The van der Waals surface area contributed by atoms with Crippen molar-refractivity contribution in [2.24, 2.45) is 0 Å². The highest BCUT2D eigenvalue weighted by atomic mass is 35.5. The van der Waals surface area contributed by atoms with Gasteiger partial charge in [-0.1, -0.05) is 48.5 Å². The van der Waals surface area contributed by atoms with E-state index in [2.05, 4.69) is 34.2 Å². The molecule has 0 aliphatic heterocycles. The summed E-state index contributed by atoms with van der Waals surface area (Å²) in [7, 11) is 0. The van der Waals surface area contributed by atoms with Crippen molar-refractivity contribution in [1.82, 2.24) is 9.97 Å². The summed E-state index contributed by atoms with van der Waals surface area (Å²) in [5, 5.41) is 0.217. The molecular formula is C18H11ClN2O. The summed E-state index contributed by atoms with van der Waals surface area (Å²) in [6.07, 6.45) is 1.60. The molecule has 0 N–H and O–H groups in total. The maximum Gasteiger partial charge on any atom is 0.223 e. The zero-order chi connectivity index (χ0) is 14.9. The highest BCUT2D eigenvalue weighted by Crippen LogP contribution is 2.30. The number of rotatable bonds is 2. The number of hydrogen-bond donors (Lipinski definition) is 0. The second-order valence-electron chi connectivity index (χ2n) is 4.92. The van der Waals surface area contributed by atoms with E-state index in [0.717, 1.165) is 16.7 Å². The minimum atomic E-state index is 0.217. The van der Waals surface area contributed by atoms with Gasteiger partial charge in [-0.25, -0.2) is 9.97 Å². The Balaban J connectivity index is 1.91. The van der Waals surface area contributed by atoms with Crippen LogP contribution in [0.25, 0.3) is 33.5 Å². The number of fused-ring (bicyclic) bond motifs is 1. The van der Waals surface area contributed by atoms with E-state index in [-0.39, 0.29) is 5.28 Å². The zero-order valence-electron chi connectivity index (χ0n) is 11.5. The van der Waals surface area contributed by atoms with E-state index >= 15 is 0 Å². The third-order valence-corrected chi connectivity index (χ3v) is 3.69. The quantitative estimate of drug-likeness (QED) is 0.477. The molecule has 4 aromatic rings. The molecule has 0 atom stereocenters. The van der Waals surface area contributed by atoms with Gasteiger partial charge in [0.2, 0.25) is 5.28 Å². The molecular weight excluding hydrogens is 296 g/mol. The Labute approximate surface area is 132 Å². The normalized spacial score (nSPS) is 11.0. The van der Waals surface area contributed by atoms with Crippen molar-refractivity contribution >= 4 is 22.7 Å². The zero-order valence-corrected chi connectivity index (χ0v) is 12.3. The Morgan fingerprint density at radius 3 is 2.41 bits per heavy atom. The van der Waals surface area contributed by atoms with Gasteiger partial charge in [-0.2, -0.15) is 0 Å². The highest BCUT2D eigenvalue weighted by molar-refractivity contribution is 6.28. The molecule has 2 heterocycles. The average molecular weight is 307 g/mol. The predicted molar refractivity (Wildman–Crippen MR) is 87.7 cm³/mol. The van der Waals surface area contributed by atoms with Crippen LogP contribution in [0.15, 0.2) is 71.3 Å². The standard InChI is InChI=1S/C18H11ClN2O/c19-18-20-15-9-10-22-17(15)16(21-18)14-8-4-7-13(11-14)12-5-2-1-3-6-12/h1-11H. The summed E-state index contributed by atoms with van der Waals surface area (Å²) in [5.41, 5.74) is 5.28. The molecule has 2 aromatic heterocycles. The summed E-state index contributed by atoms with van der Waals surface area (Å²) < 4.78 is 5.52. The molecule has 0 aliphatic carbocycles. The largest absolute Gasteiger partial charge is 0.460 e. The number of halogens is 1. The second kappa shape index (κ2) is 5.28. The summed E-state index contributed by atoms with van der Waals surface area (Å²) in [5.74, 6) is 0. The van der Waals surface area contributed by atoms with Crippen molar-refractivity contribution in [1.29, 1.82) is 0 Å². The van der Waals surface area contributed by atoms with Gasteiger partial charge in [0.15, 0.2) is 5.58 Å². The van der Waals surface area contributed by atoms with Crippen LogP contribution in [0.5, 0.6) is 0 Å². The molecule has 0 saturated heterocycles. The molecule has 2 aromatic carbocycles. The van der Waals surface area contributed by atoms with Gasteiger partial charge in [0.05, 0.1) is 6.26 Å². The molecule has 4 rings (SSSR count). The maximum atomic E-state index is 6.02. The first-order chi connectivity index (χ1) is 10.8. The monoisotopic (exact) mass is 306 g/mol. The lowest BCUT2D eigenvalue weighted by molar-refractivity contribution is 0.615. The van der Waals surface area contributed by atoms with Crippen LogP contribution in [0.1, 0.15) is 0 Å². The Morgan fingerprint density at radius 1 is 0.773 bits per heavy atom. The fraction of sp³-hybridized carbons (Fsp3) is 0. The van der Waals surface area contributed by atoms with Gasteiger partial charge in [-0.05, 0) is 28.8 Å². The lowest BCUT2D eigenvalue weighted by Gasteiger charge is -2.06. The van der Waals surface area contributed by atoms with Gasteiger partial charge in [-0.3, -0.25) is 0 Å². The van der Waals surface area contributed by atoms with E-state index in [1.54, 1.807) is 12.3 Å². The Bertz CT molecular complexity index is 948.